The highest BCUT2D eigenvalue weighted by atomic mass is 35.5. The monoisotopic (exact) mass is 327 g/mol. The van der Waals surface area contributed by atoms with Gasteiger partial charge in [0.2, 0.25) is 5.91 Å². The molecule has 0 atom stereocenters. The van der Waals surface area contributed by atoms with E-state index in [0.29, 0.717) is 15.7 Å². The number of hydrogen-bond donors (Lipinski definition) is 2. The molecule has 0 aliphatic carbocycles. The first-order chi connectivity index (χ1) is 9.54. The zero-order valence-corrected chi connectivity index (χ0v) is 12.6. The summed E-state index contributed by atoms with van der Waals surface area (Å²) in [6, 6.07) is 11.7. The van der Waals surface area contributed by atoms with Crippen LogP contribution in [0.3, 0.4) is 0 Å². The van der Waals surface area contributed by atoms with Crippen molar-refractivity contribution in [2.45, 2.75) is 4.90 Å². The van der Waals surface area contributed by atoms with Gasteiger partial charge < -0.3 is 10.4 Å². The van der Waals surface area contributed by atoms with Crippen LogP contribution < -0.4 is 5.32 Å². The lowest BCUT2D eigenvalue weighted by Gasteiger charge is -2.06. The minimum Gasteiger partial charge on any atom is -0.508 e. The molecular weight excluding hydrogens is 317 g/mol. The molecule has 0 aromatic heterocycles. The van der Waals surface area contributed by atoms with Gasteiger partial charge in [-0.1, -0.05) is 29.3 Å². The highest BCUT2D eigenvalue weighted by Crippen LogP contribution is 2.26. The van der Waals surface area contributed by atoms with Gasteiger partial charge in [-0.15, -0.1) is 11.8 Å². The van der Waals surface area contributed by atoms with E-state index in [1.165, 1.54) is 11.8 Å². The minimum absolute atomic E-state index is 0.156. The molecule has 0 radical (unpaired) electrons. The summed E-state index contributed by atoms with van der Waals surface area (Å²) in [7, 11) is 0. The molecule has 2 N–H and O–H groups in total. The van der Waals surface area contributed by atoms with Crippen molar-refractivity contribution in [1.82, 2.24) is 0 Å². The molecule has 0 aliphatic heterocycles. The highest BCUT2D eigenvalue weighted by Gasteiger charge is 2.06. The number of amides is 1. The van der Waals surface area contributed by atoms with E-state index in [9.17, 15) is 9.90 Å². The quantitative estimate of drug-likeness (QED) is 0.816. The molecule has 6 heteroatoms. The van der Waals surface area contributed by atoms with Gasteiger partial charge in [0.15, 0.2) is 0 Å². The molecule has 2 rings (SSSR count). The van der Waals surface area contributed by atoms with Gasteiger partial charge in [-0.3, -0.25) is 4.79 Å². The molecule has 0 saturated carbocycles. The van der Waals surface area contributed by atoms with Crippen LogP contribution in [0.4, 0.5) is 5.69 Å². The summed E-state index contributed by atoms with van der Waals surface area (Å²) < 4.78 is 0. The number of benzene rings is 2. The summed E-state index contributed by atoms with van der Waals surface area (Å²) >= 11 is 13.0. The Labute approximate surface area is 130 Å². The second kappa shape index (κ2) is 6.88. The van der Waals surface area contributed by atoms with Gasteiger partial charge in [0.05, 0.1) is 15.8 Å². The maximum atomic E-state index is 11.8. The van der Waals surface area contributed by atoms with Gasteiger partial charge in [-0.2, -0.15) is 0 Å². The zero-order chi connectivity index (χ0) is 14.5. The zero-order valence-electron chi connectivity index (χ0n) is 10.3. The summed E-state index contributed by atoms with van der Waals surface area (Å²) in [4.78, 5) is 12.6. The van der Waals surface area contributed by atoms with E-state index in [1.807, 2.05) is 6.07 Å². The first-order valence-corrected chi connectivity index (χ1v) is 7.45. The van der Waals surface area contributed by atoms with Crippen molar-refractivity contribution in [1.29, 1.82) is 0 Å². The van der Waals surface area contributed by atoms with Crippen LogP contribution in [0.25, 0.3) is 0 Å². The number of phenolic OH excluding ortho intramolecular Hbond substituents is 1. The number of carbonyl (C=O) groups is 1. The molecule has 0 aliphatic rings. The van der Waals surface area contributed by atoms with Crippen molar-refractivity contribution >= 4 is 46.6 Å². The molecule has 0 fully saturated rings. The fraction of sp³-hybridized carbons (Fsp3) is 0.0714. The predicted molar refractivity (Wildman–Crippen MR) is 83.9 cm³/mol. The average Bonchev–Trinajstić information content (AvgIpc) is 2.41. The number of aromatic hydroxyl groups is 1. The maximum Gasteiger partial charge on any atom is 0.234 e. The van der Waals surface area contributed by atoms with Crippen molar-refractivity contribution in [2.75, 3.05) is 11.1 Å². The molecule has 0 spiro atoms. The van der Waals surface area contributed by atoms with Gasteiger partial charge in [0.25, 0.3) is 0 Å². The summed E-state index contributed by atoms with van der Waals surface area (Å²) in [6.07, 6.45) is 0. The van der Waals surface area contributed by atoms with E-state index in [4.69, 9.17) is 23.2 Å². The van der Waals surface area contributed by atoms with E-state index in [-0.39, 0.29) is 17.4 Å². The van der Waals surface area contributed by atoms with E-state index in [0.717, 1.165) is 4.90 Å². The summed E-state index contributed by atoms with van der Waals surface area (Å²) in [5.74, 6) is 0.264. The average molecular weight is 328 g/mol. The first-order valence-electron chi connectivity index (χ1n) is 5.71. The molecule has 0 bridgehead atoms. The van der Waals surface area contributed by atoms with Gasteiger partial charge in [0, 0.05) is 10.6 Å². The third kappa shape index (κ3) is 4.34. The third-order valence-corrected chi connectivity index (χ3v) is 4.12. The number of carbonyl (C=O) groups excluding carboxylic acids is 1. The fourth-order valence-electron chi connectivity index (χ4n) is 1.49. The molecule has 3 nitrogen and oxygen atoms in total. The number of hydrogen-bond acceptors (Lipinski definition) is 3. The van der Waals surface area contributed by atoms with Gasteiger partial charge in [-0.25, -0.2) is 0 Å². The Balaban J connectivity index is 1.91. The van der Waals surface area contributed by atoms with Crippen LogP contribution >= 0.6 is 35.0 Å². The van der Waals surface area contributed by atoms with Crippen LogP contribution in [0.5, 0.6) is 5.75 Å². The molecule has 20 heavy (non-hydrogen) atoms. The van der Waals surface area contributed by atoms with E-state index < -0.39 is 0 Å². The van der Waals surface area contributed by atoms with Crippen LogP contribution in [-0.4, -0.2) is 16.8 Å². The SMILES string of the molecule is O=C(CSc1cccc(O)c1)Nc1ccc(Cl)c(Cl)c1. The van der Waals surface area contributed by atoms with Gasteiger partial charge >= 0.3 is 0 Å². The van der Waals surface area contributed by atoms with Gasteiger partial charge in [-0.05, 0) is 36.4 Å². The summed E-state index contributed by atoms with van der Waals surface area (Å²) in [5.41, 5.74) is 0.598. The van der Waals surface area contributed by atoms with Crippen LogP contribution in [0.15, 0.2) is 47.4 Å². The van der Waals surface area contributed by atoms with Gasteiger partial charge in [0.1, 0.15) is 5.75 Å². The van der Waals surface area contributed by atoms with E-state index >= 15 is 0 Å². The molecule has 0 unspecified atom stereocenters. The van der Waals surface area contributed by atoms with Crippen LogP contribution in [0, 0.1) is 0 Å². The van der Waals surface area contributed by atoms with Crippen molar-refractivity contribution in [3.8, 4) is 5.75 Å². The molecule has 1 amide bonds. The smallest absolute Gasteiger partial charge is 0.234 e. The third-order valence-electron chi connectivity index (χ3n) is 2.39. The predicted octanol–water partition coefficient (Wildman–Crippen LogP) is 4.43. The molecule has 2 aromatic rings. The number of nitrogens with one attached hydrogen (secondary N) is 1. The number of thioether (sulfide) groups is 1. The Morgan fingerprint density at radius 2 is 1.95 bits per heavy atom. The second-order valence-corrected chi connectivity index (χ2v) is 5.83. The topological polar surface area (TPSA) is 49.3 Å². The fourth-order valence-corrected chi connectivity index (χ4v) is 2.54. The first kappa shape index (κ1) is 15.0. The van der Waals surface area contributed by atoms with E-state index in [1.54, 1.807) is 36.4 Å². The summed E-state index contributed by atoms with van der Waals surface area (Å²) in [5, 5.41) is 12.9. The number of phenols is 1. The number of anilines is 1. The Morgan fingerprint density at radius 3 is 2.65 bits per heavy atom. The molecule has 0 heterocycles. The lowest BCUT2D eigenvalue weighted by Crippen LogP contribution is -2.13. The molecule has 104 valence electrons. The van der Waals surface area contributed by atoms with Crippen LogP contribution in [-0.2, 0) is 4.79 Å². The second-order valence-electron chi connectivity index (χ2n) is 3.96. The van der Waals surface area contributed by atoms with Crippen molar-refractivity contribution in [2.24, 2.45) is 0 Å². The maximum absolute atomic E-state index is 11.8. The lowest BCUT2D eigenvalue weighted by molar-refractivity contribution is -0.113. The standard InChI is InChI=1S/C14H11Cl2NO2S/c15-12-5-4-9(6-13(12)16)17-14(19)8-20-11-3-1-2-10(18)7-11/h1-7,18H,8H2,(H,17,19). The molecule has 0 saturated heterocycles. The normalized spacial score (nSPS) is 10.3. The Morgan fingerprint density at radius 1 is 1.15 bits per heavy atom. The van der Waals surface area contributed by atoms with Crippen LogP contribution in [0.1, 0.15) is 0 Å². The molecule has 2 aromatic carbocycles. The Kier molecular flexibility index (Phi) is 5.17. The largest absolute Gasteiger partial charge is 0.508 e. The van der Waals surface area contributed by atoms with Crippen LogP contribution in [0.2, 0.25) is 10.0 Å². The Bertz CT molecular complexity index is 634. The number of halogens is 2. The van der Waals surface area contributed by atoms with Crippen molar-refractivity contribution in [3.05, 3.63) is 52.5 Å². The van der Waals surface area contributed by atoms with Crippen molar-refractivity contribution < 1.29 is 9.90 Å². The van der Waals surface area contributed by atoms with Crippen molar-refractivity contribution in [3.63, 3.8) is 0 Å². The lowest BCUT2D eigenvalue weighted by atomic mass is 10.3. The van der Waals surface area contributed by atoms with E-state index in [2.05, 4.69) is 5.32 Å². The minimum atomic E-state index is -0.156. The molecular formula is C14H11Cl2NO2S. The number of rotatable bonds is 4. The Hall–Kier alpha value is -1.36. The summed E-state index contributed by atoms with van der Waals surface area (Å²) in [6.45, 7) is 0. The highest BCUT2D eigenvalue weighted by molar-refractivity contribution is 8.00.